The van der Waals surface area contributed by atoms with Gasteiger partial charge in [0.15, 0.2) is 0 Å². The molecule has 0 bridgehead atoms. The molecule has 4 nitrogen and oxygen atoms in total. The monoisotopic (exact) mass is 622 g/mol. The molecule has 0 N–H and O–H groups in total. The van der Waals surface area contributed by atoms with Gasteiger partial charge >= 0.3 is 0 Å². The first-order valence-electron chi connectivity index (χ1n) is 16.4. The summed E-state index contributed by atoms with van der Waals surface area (Å²) in [6.45, 7) is 0. The van der Waals surface area contributed by atoms with E-state index in [1.807, 2.05) is 30.5 Å². The Morgan fingerprint density at radius 2 is 1.18 bits per heavy atom. The Balaban J connectivity index is 1.24. The van der Waals surface area contributed by atoms with Crippen molar-refractivity contribution in [3.63, 3.8) is 0 Å². The number of hydrogen-bond acceptors (Lipinski definition) is 3. The predicted molar refractivity (Wildman–Crippen MR) is 202 cm³/mol. The third-order valence-corrected chi connectivity index (χ3v) is 9.80. The summed E-state index contributed by atoms with van der Waals surface area (Å²) < 4.78 is 2.28. The number of para-hydroxylation sites is 2. The smallest absolute Gasteiger partial charge is 0.0991 e. The number of nitriles is 1. The van der Waals surface area contributed by atoms with E-state index in [0.717, 1.165) is 87.8 Å². The quantitative estimate of drug-likeness (QED) is 0.184. The van der Waals surface area contributed by atoms with Crippen molar-refractivity contribution >= 4 is 65.2 Å². The Morgan fingerprint density at radius 1 is 0.490 bits per heavy atom. The minimum atomic E-state index is 0.649. The fourth-order valence-corrected chi connectivity index (χ4v) is 7.67. The van der Waals surface area contributed by atoms with Gasteiger partial charge in [-0.3, -0.25) is 4.98 Å². The Labute approximate surface area is 281 Å². The van der Waals surface area contributed by atoms with Crippen molar-refractivity contribution in [2.75, 3.05) is 0 Å². The normalized spacial score (nSPS) is 11.7. The van der Waals surface area contributed by atoms with Gasteiger partial charge in [-0.25, -0.2) is 4.98 Å². The predicted octanol–water partition coefficient (Wildman–Crippen LogP) is 11.4. The van der Waals surface area contributed by atoms with Crippen LogP contribution >= 0.6 is 0 Å². The molecule has 0 radical (unpaired) electrons. The lowest BCUT2D eigenvalue weighted by Gasteiger charge is -2.16. The second-order valence-corrected chi connectivity index (χ2v) is 12.5. The molecule has 0 amide bonds. The van der Waals surface area contributed by atoms with Crippen molar-refractivity contribution < 1.29 is 0 Å². The molecule has 0 aliphatic carbocycles. The molecular weight excluding hydrogens is 597 g/mol. The molecule has 3 aromatic heterocycles. The molecule has 0 saturated heterocycles. The van der Waals surface area contributed by atoms with E-state index in [2.05, 4.69) is 138 Å². The average Bonchev–Trinajstić information content (AvgIpc) is 3.50. The van der Waals surface area contributed by atoms with E-state index in [9.17, 15) is 5.26 Å². The van der Waals surface area contributed by atoms with E-state index in [-0.39, 0.29) is 0 Å². The number of hydrogen-bond donors (Lipinski definition) is 0. The fraction of sp³-hybridized carbons (Fsp3) is 0. The molecule has 49 heavy (non-hydrogen) atoms. The van der Waals surface area contributed by atoms with Gasteiger partial charge in [0, 0.05) is 55.2 Å². The van der Waals surface area contributed by atoms with Crippen LogP contribution in [0.2, 0.25) is 0 Å². The molecule has 0 spiro atoms. The lowest BCUT2D eigenvalue weighted by Crippen LogP contribution is -1.94. The van der Waals surface area contributed by atoms with Gasteiger partial charge in [-0.05, 0) is 77.2 Å². The molecule has 7 aromatic carbocycles. The zero-order valence-corrected chi connectivity index (χ0v) is 26.3. The highest BCUT2D eigenvalue weighted by Crippen LogP contribution is 2.43. The summed E-state index contributed by atoms with van der Waals surface area (Å²) in [6, 6.07) is 55.3. The van der Waals surface area contributed by atoms with Crippen LogP contribution in [0.4, 0.5) is 0 Å². The van der Waals surface area contributed by atoms with E-state index < -0.39 is 0 Å². The van der Waals surface area contributed by atoms with Crippen LogP contribution in [0.1, 0.15) is 5.56 Å². The van der Waals surface area contributed by atoms with Crippen molar-refractivity contribution in [2.45, 2.75) is 0 Å². The second kappa shape index (κ2) is 10.6. The highest BCUT2D eigenvalue weighted by Gasteiger charge is 2.19. The molecule has 0 unspecified atom stereocenters. The standard InChI is InChI=1S/C45H26N4/c46-27-28-19-21-40-37(24-28)38-26-30(20-22-41(38)49(40)32-12-2-1-3-13-32)29-10-8-11-31(25-29)44-43-33-14-4-5-15-34(33)45-36(17-9-23-47-45)42(43)35-16-6-7-18-39(35)48-44/h1-26H. The minimum absolute atomic E-state index is 0.649. The van der Waals surface area contributed by atoms with Crippen LogP contribution in [-0.2, 0) is 0 Å². The van der Waals surface area contributed by atoms with Crippen LogP contribution in [0.3, 0.4) is 0 Å². The van der Waals surface area contributed by atoms with Crippen LogP contribution in [0, 0.1) is 11.3 Å². The maximum absolute atomic E-state index is 9.76. The summed E-state index contributed by atoms with van der Waals surface area (Å²) in [7, 11) is 0. The number of pyridine rings is 2. The topological polar surface area (TPSA) is 54.5 Å². The van der Waals surface area contributed by atoms with E-state index >= 15 is 0 Å². The van der Waals surface area contributed by atoms with Gasteiger partial charge in [0.1, 0.15) is 0 Å². The molecule has 226 valence electrons. The van der Waals surface area contributed by atoms with Crippen molar-refractivity contribution in [1.82, 2.24) is 14.5 Å². The molecule has 3 heterocycles. The Bertz CT molecular complexity index is 3000. The summed E-state index contributed by atoms with van der Waals surface area (Å²) in [5.41, 5.74) is 10.1. The molecule has 10 aromatic rings. The molecule has 0 atom stereocenters. The van der Waals surface area contributed by atoms with Gasteiger partial charge in [0.2, 0.25) is 0 Å². The first-order chi connectivity index (χ1) is 24.3. The number of fused-ring (bicyclic) bond motifs is 11. The van der Waals surface area contributed by atoms with Gasteiger partial charge in [-0.1, -0.05) is 91.0 Å². The van der Waals surface area contributed by atoms with Crippen molar-refractivity contribution in [3.8, 4) is 34.1 Å². The van der Waals surface area contributed by atoms with E-state index in [4.69, 9.17) is 9.97 Å². The van der Waals surface area contributed by atoms with Gasteiger partial charge in [-0.15, -0.1) is 0 Å². The van der Waals surface area contributed by atoms with Crippen molar-refractivity contribution in [1.29, 1.82) is 5.26 Å². The van der Waals surface area contributed by atoms with E-state index in [1.54, 1.807) is 0 Å². The van der Waals surface area contributed by atoms with Gasteiger partial charge in [0.25, 0.3) is 0 Å². The molecule has 4 heteroatoms. The Morgan fingerprint density at radius 3 is 2.04 bits per heavy atom. The van der Waals surface area contributed by atoms with Gasteiger partial charge in [-0.2, -0.15) is 5.26 Å². The average molecular weight is 623 g/mol. The van der Waals surface area contributed by atoms with E-state index in [1.165, 1.54) is 5.39 Å². The van der Waals surface area contributed by atoms with Crippen LogP contribution in [0.15, 0.2) is 158 Å². The summed E-state index contributed by atoms with van der Waals surface area (Å²) in [6.07, 6.45) is 1.88. The summed E-state index contributed by atoms with van der Waals surface area (Å²) in [5, 5.41) is 18.8. The number of nitrogens with zero attached hydrogens (tertiary/aromatic N) is 4. The number of rotatable bonds is 3. The Kier molecular flexibility index (Phi) is 5.90. The van der Waals surface area contributed by atoms with Crippen LogP contribution in [0.5, 0.6) is 0 Å². The maximum Gasteiger partial charge on any atom is 0.0991 e. The largest absolute Gasteiger partial charge is 0.309 e. The SMILES string of the molecule is N#Cc1ccc2c(c1)c1cc(-c3cccc(-c4nc5ccccc5c5c6cccnc6c6ccccc6c45)c3)ccc1n2-c1ccccc1. The summed E-state index contributed by atoms with van der Waals surface area (Å²) >= 11 is 0. The zero-order chi connectivity index (χ0) is 32.5. The second-order valence-electron chi connectivity index (χ2n) is 12.5. The van der Waals surface area contributed by atoms with Crippen LogP contribution in [0.25, 0.3) is 93.2 Å². The highest BCUT2D eigenvalue weighted by molar-refractivity contribution is 6.32. The first kappa shape index (κ1) is 27.3. The third-order valence-electron chi connectivity index (χ3n) is 9.80. The molecule has 0 saturated carbocycles. The lowest BCUT2D eigenvalue weighted by molar-refractivity contribution is 1.18. The number of benzene rings is 7. The first-order valence-corrected chi connectivity index (χ1v) is 16.4. The molecular formula is C45H26N4. The molecule has 10 rings (SSSR count). The van der Waals surface area contributed by atoms with Gasteiger partial charge < -0.3 is 4.57 Å². The molecule has 0 fully saturated rings. The highest BCUT2D eigenvalue weighted by atomic mass is 15.0. The maximum atomic E-state index is 9.76. The zero-order valence-electron chi connectivity index (χ0n) is 26.3. The molecule has 0 aliphatic heterocycles. The number of aromatic nitrogens is 3. The fourth-order valence-electron chi connectivity index (χ4n) is 7.67. The third kappa shape index (κ3) is 4.10. The van der Waals surface area contributed by atoms with Crippen LogP contribution < -0.4 is 0 Å². The van der Waals surface area contributed by atoms with E-state index in [0.29, 0.717) is 5.56 Å². The summed E-state index contributed by atoms with van der Waals surface area (Å²) in [4.78, 5) is 10.2. The van der Waals surface area contributed by atoms with Crippen molar-refractivity contribution in [2.24, 2.45) is 0 Å². The minimum Gasteiger partial charge on any atom is -0.309 e. The molecule has 0 aliphatic rings. The Hall–Kier alpha value is -6.83. The van der Waals surface area contributed by atoms with Crippen LogP contribution in [-0.4, -0.2) is 14.5 Å². The van der Waals surface area contributed by atoms with Gasteiger partial charge in [0.05, 0.1) is 39.4 Å². The lowest BCUT2D eigenvalue weighted by atomic mass is 9.91. The van der Waals surface area contributed by atoms with Crippen molar-refractivity contribution in [3.05, 3.63) is 163 Å². The summed E-state index contributed by atoms with van der Waals surface area (Å²) in [5.74, 6) is 0.